The van der Waals surface area contributed by atoms with Crippen LogP contribution in [0.3, 0.4) is 0 Å². The Kier molecular flexibility index (Phi) is 86.9. The highest BCUT2D eigenvalue weighted by atomic mass is 16.6. The Hall–Kier alpha value is -4.30. The van der Waals surface area contributed by atoms with Crippen molar-refractivity contribution in [3.63, 3.8) is 0 Å². The summed E-state index contributed by atoms with van der Waals surface area (Å²) in [5, 5.41) is 0. The Bertz CT molecular complexity index is 2450. The quantitative estimate of drug-likeness (QED) is 0.0244. The second-order valence-electron chi connectivity index (χ2n) is 37.4. The molecule has 0 radical (unpaired) electrons. The van der Waals surface area contributed by atoms with Crippen molar-refractivity contribution in [1.29, 1.82) is 0 Å². The van der Waals surface area contributed by atoms with Crippen LogP contribution in [-0.2, 0) is 57.2 Å². The number of esters is 6. The minimum Gasteiger partial charge on any atom is -0.462 e. The predicted molar refractivity (Wildman–Crippen MR) is 518 cm³/mol. The lowest BCUT2D eigenvalue weighted by molar-refractivity contribution is -0.151. The molecule has 0 aliphatic heterocycles. The summed E-state index contributed by atoms with van der Waals surface area (Å²) in [7, 11) is 8.12. The molecule has 0 spiro atoms. The standard InChI is InChI=1S/C108H200N2O12/c1-13-21-27-45-68-96(69-46-28-22-14-2)75-63-92-119-105(113)84-54-40-32-36-50-80-102(122-108(116)87-62-89-110(11)12)81-51-37-33-41-55-85-106(114)120-93-64-76-97(70-47-29-23-15-3)74-60-77-99(20-8)100(65-19-7)94-98(72-44-26-18-6)73-57-59-91-118-104(112)83-53-39-31-35-49-79-101(121-107(115)86-61-88-109(9)10)78-48-34-30-38-52-82-103(111)117-90-58-56-71-95(66-42-24-16-4)67-43-25-17-5/h56-59,63-64,75-76,95-102H,13-55,60-62,65-74,77-94H2,1-12H3. The second kappa shape index (κ2) is 90.1. The van der Waals surface area contributed by atoms with Crippen molar-refractivity contribution in [2.75, 3.05) is 67.7 Å². The van der Waals surface area contributed by atoms with Crippen LogP contribution >= 0.6 is 0 Å². The smallest absolute Gasteiger partial charge is 0.306 e. The van der Waals surface area contributed by atoms with E-state index < -0.39 is 0 Å². The van der Waals surface area contributed by atoms with E-state index in [0.717, 1.165) is 199 Å². The van der Waals surface area contributed by atoms with Crippen LogP contribution < -0.4 is 0 Å². The monoisotopic (exact) mass is 1720 g/mol. The minimum atomic E-state index is -0.116. The van der Waals surface area contributed by atoms with Gasteiger partial charge in [0.2, 0.25) is 0 Å². The summed E-state index contributed by atoms with van der Waals surface area (Å²) in [6, 6.07) is 0. The summed E-state index contributed by atoms with van der Waals surface area (Å²) in [4.78, 5) is 81.0. The second-order valence-corrected chi connectivity index (χ2v) is 37.4. The molecule has 0 bridgehead atoms. The van der Waals surface area contributed by atoms with Gasteiger partial charge < -0.3 is 38.2 Å². The molecular formula is C108H200N2O12. The van der Waals surface area contributed by atoms with Crippen molar-refractivity contribution in [2.45, 2.75) is 504 Å². The molecule has 6 unspecified atom stereocenters. The summed E-state index contributed by atoms with van der Waals surface area (Å²) in [6.07, 6.45) is 89.9. The lowest BCUT2D eigenvalue weighted by Crippen LogP contribution is -2.20. The summed E-state index contributed by atoms with van der Waals surface area (Å²) in [5.74, 6) is 3.23. The first-order valence-electron chi connectivity index (χ1n) is 52.4. The van der Waals surface area contributed by atoms with E-state index in [2.05, 4.69) is 108 Å². The molecule has 714 valence electrons. The third-order valence-corrected chi connectivity index (χ3v) is 25.2. The molecule has 0 heterocycles. The van der Waals surface area contributed by atoms with Crippen LogP contribution in [0.2, 0.25) is 0 Å². The van der Waals surface area contributed by atoms with Crippen LogP contribution in [0.25, 0.3) is 0 Å². The zero-order valence-electron chi connectivity index (χ0n) is 82.4. The Labute approximate surface area is 754 Å². The highest BCUT2D eigenvalue weighted by molar-refractivity contribution is 5.71. The van der Waals surface area contributed by atoms with E-state index >= 15 is 0 Å². The third-order valence-electron chi connectivity index (χ3n) is 25.2. The van der Waals surface area contributed by atoms with Gasteiger partial charge in [-0.1, -0.05) is 367 Å². The maximum Gasteiger partial charge on any atom is 0.306 e. The third kappa shape index (κ3) is 80.3. The number of unbranched alkanes of at least 4 members (excludes halogenated alkanes) is 31. The summed E-state index contributed by atoms with van der Waals surface area (Å²) < 4.78 is 34.9. The average molecular weight is 1720 g/mol. The molecule has 0 saturated carbocycles. The van der Waals surface area contributed by atoms with Gasteiger partial charge in [0.15, 0.2) is 0 Å². The van der Waals surface area contributed by atoms with Crippen molar-refractivity contribution >= 4 is 35.8 Å². The lowest BCUT2D eigenvalue weighted by Gasteiger charge is -2.30. The first kappa shape index (κ1) is 118. The Morgan fingerprint density at radius 1 is 0.246 bits per heavy atom. The molecule has 0 amide bonds. The zero-order chi connectivity index (χ0) is 89.5. The van der Waals surface area contributed by atoms with Gasteiger partial charge in [-0.15, -0.1) is 0 Å². The molecule has 6 atom stereocenters. The fraction of sp³-hybridized carbons (Fsp3) is 0.870. The summed E-state index contributed by atoms with van der Waals surface area (Å²) >= 11 is 0. The SMILES string of the molecule is CCCCCCC(C=CCOC(=O)CCCCCCCC(CCCCCCCC(=O)OCC=CC(CCCCCC)CCCC(CC)C(CCC)CC(CC=CCOC(=O)CCCCCCCC(CCCCCCCC(=O)OCC=CCC(CCCCC)CCCCC)OC(=O)CCCN(C)C)CCCCC)OC(=O)CCCN(C)C)CCCCCC. The van der Waals surface area contributed by atoms with E-state index in [4.69, 9.17) is 28.4 Å². The number of rotatable bonds is 93. The largest absolute Gasteiger partial charge is 0.462 e. The fourth-order valence-electron chi connectivity index (χ4n) is 17.5. The van der Waals surface area contributed by atoms with Crippen molar-refractivity contribution in [3.05, 3.63) is 48.6 Å². The van der Waals surface area contributed by atoms with Crippen molar-refractivity contribution in [2.24, 2.45) is 35.5 Å². The maximum absolute atomic E-state index is 13.0. The van der Waals surface area contributed by atoms with Gasteiger partial charge in [-0.3, -0.25) is 28.8 Å². The lowest BCUT2D eigenvalue weighted by atomic mass is 9.75. The molecule has 0 aliphatic carbocycles. The van der Waals surface area contributed by atoms with Crippen LogP contribution in [0.15, 0.2) is 48.6 Å². The van der Waals surface area contributed by atoms with E-state index in [-0.39, 0.29) is 48.0 Å². The first-order valence-corrected chi connectivity index (χ1v) is 52.4. The minimum absolute atomic E-state index is 0.0674. The average Bonchev–Trinajstić information content (AvgIpc) is 0.893. The van der Waals surface area contributed by atoms with Crippen LogP contribution in [0.4, 0.5) is 0 Å². The molecule has 0 aliphatic rings. The number of carbonyl (C=O) groups is 6. The van der Waals surface area contributed by atoms with Crippen molar-refractivity contribution < 1.29 is 57.2 Å². The molecule has 122 heavy (non-hydrogen) atoms. The fourth-order valence-corrected chi connectivity index (χ4v) is 17.5. The molecule has 0 rings (SSSR count). The van der Waals surface area contributed by atoms with E-state index in [1.807, 2.05) is 34.3 Å². The first-order chi connectivity index (χ1) is 59.5. The van der Waals surface area contributed by atoms with E-state index in [1.54, 1.807) is 0 Å². The van der Waals surface area contributed by atoms with Gasteiger partial charge in [0.25, 0.3) is 0 Å². The van der Waals surface area contributed by atoms with Gasteiger partial charge in [0.05, 0.1) is 0 Å². The van der Waals surface area contributed by atoms with E-state index in [0.29, 0.717) is 94.5 Å². The molecule has 0 saturated heterocycles. The Balaban J connectivity index is 5.09. The summed E-state index contributed by atoms with van der Waals surface area (Å²) in [5.41, 5.74) is 0. The molecule has 0 N–H and O–H groups in total. The van der Waals surface area contributed by atoms with E-state index in [9.17, 15) is 28.8 Å². The number of allylic oxidation sites excluding steroid dienone is 4. The molecule has 14 nitrogen and oxygen atoms in total. The molecular weight excluding hydrogens is 1520 g/mol. The predicted octanol–water partition coefficient (Wildman–Crippen LogP) is 30.7. The van der Waals surface area contributed by atoms with Gasteiger partial charge in [0, 0.05) is 38.5 Å². The number of hydrogen-bond donors (Lipinski definition) is 0. The highest BCUT2D eigenvalue weighted by Crippen LogP contribution is 2.36. The zero-order valence-corrected chi connectivity index (χ0v) is 82.4. The number of hydrogen-bond acceptors (Lipinski definition) is 14. The van der Waals surface area contributed by atoms with Gasteiger partial charge in [-0.05, 0) is 212 Å². The number of ether oxygens (including phenoxy) is 6. The van der Waals surface area contributed by atoms with E-state index in [1.165, 1.54) is 218 Å². The highest BCUT2D eigenvalue weighted by Gasteiger charge is 2.25. The molecule has 0 fully saturated rings. The van der Waals surface area contributed by atoms with Crippen LogP contribution in [0, 0.1) is 35.5 Å². The maximum atomic E-state index is 13.0. The Morgan fingerprint density at radius 2 is 0.525 bits per heavy atom. The topological polar surface area (TPSA) is 164 Å². The summed E-state index contributed by atoms with van der Waals surface area (Å²) in [6.45, 7) is 21.6. The molecule has 0 aromatic rings. The van der Waals surface area contributed by atoms with Gasteiger partial charge >= 0.3 is 35.8 Å². The molecule has 0 aromatic heterocycles. The molecule has 0 aromatic carbocycles. The normalized spacial score (nSPS) is 13.5. The molecule has 14 heteroatoms. The van der Waals surface area contributed by atoms with Crippen LogP contribution in [0.5, 0.6) is 0 Å². The van der Waals surface area contributed by atoms with Gasteiger partial charge in [-0.25, -0.2) is 0 Å². The number of nitrogens with zero attached hydrogens (tertiary/aromatic N) is 2. The van der Waals surface area contributed by atoms with Crippen LogP contribution in [-0.4, -0.2) is 126 Å². The van der Waals surface area contributed by atoms with Crippen molar-refractivity contribution in [3.8, 4) is 0 Å². The Morgan fingerprint density at radius 3 is 0.861 bits per heavy atom. The van der Waals surface area contributed by atoms with Gasteiger partial charge in [-0.2, -0.15) is 0 Å². The van der Waals surface area contributed by atoms with Gasteiger partial charge in [0.1, 0.15) is 38.6 Å². The van der Waals surface area contributed by atoms with Crippen molar-refractivity contribution in [1.82, 2.24) is 9.80 Å². The van der Waals surface area contributed by atoms with Crippen LogP contribution in [0.1, 0.15) is 492 Å². The number of carbonyl (C=O) groups excluding carboxylic acids is 6.